The van der Waals surface area contributed by atoms with Crippen LogP contribution in [0.1, 0.15) is 23.7 Å². The lowest BCUT2D eigenvalue weighted by atomic mass is 10.2. The van der Waals surface area contributed by atoms with E-state index in [0.717, 1.165) is 0 Å². The first-order chi connectivity index (χ1) is 12.4. The minimum absolute atomic E-state index is 0.0231. The van der Waals surface area contributed by atoms with Gasteiger partial charge in [0, 0.05) is 11.4 Å². The SMILES string of the molecule is COc1ccc(NC(=O)C/C(C)=N\NC(=O)c2ccccc2O)cc1Cl. The van der Waals surface area contributed by atoms with Crippen LogP contribution in [0.2, 0.25) is 5.02 Å². The van der Waals surface area contributed by atoms with Crippen LogP contribution in [0.4, 0.5) is 5.69 Å². The molecule has 0 bridgehead atoms. The average Bonchev–Trinajstić information content (AvgIpc) is 2.60. The number of hydrogen-bond donors (Lipinski definition) is 3. The largest absolute Gasteiger partial charge is 0.507 e. The maximum absolute atomic E-state index is 12.0. The maximum atomic E-state index is 12.0. The summed E-state index contributed by atoms with van der Waals surface area (Å²) in [6, 6.07) is 11.0. The molecule has 0 unspecified atom stereocenters. The molecule has 0 atom stereocenters. The van der Waals surface area contributed by atoms with E-state index in [9.17, 15) is 14.7 Å². The molecule has 0 radical (unpaired) electrons. The van der Waals surface area contributed by atoms with Crippen molar-refractivity contribution in [1.29, 1.82) is 0 Å². The van der Waals surface area contributed by atoms with Gasteiger partial charge in [-0.25, -0.2) is 5.43 Å². The number of phenolic OH excluding ortho intramolecular Hbond substituents is 1. The number of carbonyl (C=O) groups excluding carboxylic acids is 2. The number of amides is 2. The fourth-order valence-electron chi connectivity index (χ4n) is 2.09. The second-order valence-electron chi connectivity index (χ2n) is 5.38. The van der Waals surface area contributed by atoms with Gasteiger partial charge in [0.05, 0.1) is 24.1 Å². The Morgan fingerprint density at radius 2 is 1.96 bits per heavy atom. The van der Waals surface area contributed by atoms with Crippen LogP contribution in [0.15, 0.2) is 47.6 Å². The third-order valence-electron chi connectivity index (χ3n) is 3.35. The van der Waals surface area contributed by atoms with Crippen molar-refractivity contribution < 1.29 is 19.4 Å². The van der Waals surface area contributed by atoms with Crippen molar-refractivity contribution in [2.45, 2.75) is 13.3 Å². The lowest BCUT2D eigenvalue weighted by Crippen LogP contribution is -2.21. The first kappa shape index (κ1) is 19.3. The number of anilines is 1. The van der Waals surface area contributed by atoms with Gasteiger partial charge in [-0.2, -0.15) is 5.10 Å². The van der Waals surface area contributed by atoms with Crippen molar-refractivity contribution in [3.8, 4) is 11.5 Å². The number of nitrogens with one attached hydrogen (secondary N) is 2. The second kappa shape index (κ2) is 8.87. The second-order valence-corrected chi connectivity index (χ2v) is 5.79. The normalized spacial score (nSPS) is 11.0. The number of benzene rings is 2. The van der Waals surface area contributed by atoms with E-state index < -0.39 is 5.91 Å². The van der Waals surface area contributed by atoms with Gasteiger partial charge >= 0.3 is 0 Å². The third kappa shape index (κ3) is 5.22. The zero-order valence-corrected chi connectivity index (χ0v) is 15.0. The van der Waals surface area contributed by atoms with Crippen molar-refractivity contribution in [3.63, 3.8) is 0 Å². The number of para-hydroxylation sites is 1. The van der Waals surface area contributed by atoms with Crippen molar-refractivity contribution in [1.82, 2.24) is 5.43 Å². The predicted octanol–water partition coefficient (Wildman–Crippen LogP) is 3.19. The molecular weight excluding hydrogens is 358 g/mol. The maximum Gasteiger partial charge on any atom is 0.275 e. The van der Waals surface area contributed by atoms with E-state index in [4.69, 9.17) is 16.3 Å². The summed E-state index contributed by atoms with van der Waals surface area (Å²) in [5.41, 5.74) is 3.32. The molecule has 0 aliphatic rings. The molecule has 2 aromatic rings. The smallest absolute Gasteiger partial charge is 0.275 e. The first-order valence-electron chi connectivity index (χ1n) is 7.65. The van der Waals surface area contributed by atoms with Crippen LogP contribution in [0.25, 0.3) is 0 Å². The van der Waals surface area contributed by atoms with E-state index in [-0.39, 0.29) is 23.6 Å². The highest BCUT2D eigenvalue weighted by atomic mass is 35.5. The molecule has 3 N–H and O–H groups in total. The Morgan fingerprint density at radius 3 is 2.62 bits per heavy atom. The molecule has 0 aliphatic heterocycles. The quantitative estimate of drug-likeness (QED) is 0.533. The number of rotatable bonds is 6. The Bertz CT molecular complexity index is 852. The van der Waals surface area contributed by atoms with Crippen molar-refractivity contribution >= 4 is 34.8 Å². The number of ether oxygens (including phenoxy) is 1. The molecule has 2 rings (SSSR count). The van der Waals surface area contributed by atoms with E-state index in [1.54, 1.807) is 37.3 Å². The highest BCUT2D eigenvalue weighted by Gasteiger charge is 2.10. The lowest BCUT2D eigenvalue weighted by Gasteiger charge is -2.08. The minimum Gasteiger partial charge on any atom is -0.507 e. The van der Waals surface area contributed by atoms with E-state index in [1.807, 2.05) is 0 Å². The Morgan fingerprint density at radius 1 is 1.23 bits per heavy atom. The van der Waals surface area contributed by atoms with Gasteiger partial charge in [-0.1, -0.05) is 23.7 Å². The van der Waals surface area contributed by atoms with Gasteiger partial charge in [0.15, 0.2) is 0 Å². The molecule has 0 aromatic heterocycles. The number of carbonyl (C=O) groups is 2. The molecule has 7 nitrogen and oxygen atoms in total. The standard InChI is InChI=1S/C18H18ClN3O4/c1-11(21-22-18(25)13-5-3-4-6-15(13)23)9-17(24)20-12-7-8-16(26-2)14(19)10-12/h3-8,10,23H,9H2,1-2H3,(H,20,24)(H,22,25)/b21-11-. The Balaban J connectivity index is 1.92. The molecule has 0 fully saturated rings. The fourth-order valence-corrected chi connectivity index (χ4v) is 2.35. The summed E-state index contributed by atoms with van der Waals surface area (Å²) in [7, 11) is 1.50. The van der Waals surface area contributed by atoms with Crippen LogP contribution in [-0.2, 0) is 4.79 Å². The molecule has 136 valence electrons. The zero-order valence-electron chi connectivity index (χ0n) is 14.2. The number of hydrazone groups is 1. The summed E-state index contributed by atoms with van der Waals surface area (Å²) in [6.07, 6.45) is -0.0231. The molecule has 2 aromatic carbocycles. The van der Waals surface area contributed by atoms with Crippen LogP contribution in [0.3, 0.4) is 0 Å². The summed E-state index contributed by atoms with van der Waals surface area (Å²) in [6.45, 7) is 1.60. The summed E-state index contributed by atoms with van der Waals surface area (Å²) < 4.78 is 5.05. The molecule has 0 aliphatic carbocycles. The molecule has 2 amide bonds. The van der Waals surface area contributed by atoms with Gasteiger partial charge in [-0.05, 0) is 37.3 Å². The molecule has 0 spiro atoms. The number of halogens is 1. The van der Waals surface area contributed by atoms with E-state index in [1.165, 1.54) is 19.2 Å². The molecule has 0 saturated heterocycles. The van der Waals surface area contributed by atoms with E-state index in [0.29, 0.717) is 22.2 Å². The number of nitrogens with zero attached hydrogens (tertiary/aromatic N) is 1. The zero-order chi connectivity index (χ0) is 19.1. The summed E-state index contributed by atoms with van der Waals surface area (Å²) >= 11 is 6.01. The molecule has 26 heavy (non-hydrogen) atoms. The number of methoxy groups -OCH3 is 1. The minimum atomic E-state index is -0.565. The van der Waals surface area contributed by atoms with Crippen LogP contribution in [0, 0.1) is 0 Å². The van der Waals surface area contributed by atoms with Crippen LogP contribution < -0.4 is 15.5 Å². The summed E-state index contributed by atoms with van der Waals surface area (Å²) in [4.78, 5) is 24.0. The van der Waals surface area contributed by atoms with Crippen LogP contribution >= 0.6 is 11.6 Å². The number of aromatic hydroxyl groups is 1. The van der Waals surface area contributed by atoms with Gasteiger partial charge in [0.2, 0.25) is 5.91 Å². The number of phenols is 1. The Hall–Kier alpha value is -3.06. The molecule has 0 heterocycles. The van der Waals surface area contributed by atoms with Crippen molar-refractivity contribution in [3.05, 3.63) is 53.1 Å². The topological polar surface area (TPSA) is 100 Å². The Kier molecular flexibility index (Phi) is 6.57. The monoisotopic (exact) mass is 375 g/mol. The highest BCUT2D eigenvalue weighted by molar-refractivity contribution is 6.32. The molecule has 8 heteroatoms. The first-order valence-corrected chi connectivity index (χ1v) is 8.03. The highest BCUT2D eigenvalue weighted by Crippen LogP contribution is 2.27. The third-order valence-corrected chi connectivity index (χ3v) is 3.64. The van der Waals surface area contributed by atoms with E-state index in [2.05, 4.69) is 15.8 Å². The number of hydrogen-bond acceptors (Lipinski definition) is 5. The lowest BCUT2D eigenvalue weighted by molar-refractivity contribution is -0.115. The van der Waals surface area contributed by atoms with Crippen LogP contribution in [0.5, 0.6) is 11.5 Å². The van der Waals surface area contributed by atoms with Crippen molar-refractivity contribution in [2.24, 2.45) is 5.10 Å². The summed E-state index contributed by atoms with van der Waals surface area (Å²) in [5.74, 6) is -0.518. The van der Waals surface area contributed by atoms with Crippen molar-refractivity contribution in [2.75, 3.05) is 12.4 Å². The Labute approximate surface area is 155 Å². The summed E-state index contributed by atoms with van der Waals surface area (Å²) in [5, 5.41) is 16.6. The molecule has 0 saturated carbocycles. The van der Waals surface area contributed by atoms with E-state index >= 15 is 0 Å². The van der Waals surface area contributed by atoms with Crippen LogP contribution in [-0.4, -0.2) is 29.7 Å². The fraction of sp³-hybridized carbons (Fsp3) is 0.167. The molecular formula is C18H18ClN3O4. The van der Waals surface area contributed by atoms with Gasteiger partial charge in [0.25, 0.3) is 5.91 Å². The predicted molar refractivity (Wildman–Crippen MR) is 99.9 cm³/mol. The van der Waals surface area contributed by atoms with Gasteiger partial charge in [-0.15, -0.1) is 0 Å². The van der Waals surface area contributed by atoms with Gasteiger partial charge < -0.3 is 15.2 Å². The van der Waals surface area contributed by atoms with Gasteiger partial charge in [-0.3, -0.25) is 9.59 Å². The average molecular weight is 376 g/mol. The van der Waals surface area contributed by atoms with Gasteiger partial charge in [0.1, 0.15) is 11.5 Å².